The molecule has 0 fully saturated rings. The lowest BCUT2D eigenvalue weighted by Gasteiger charge is -2.16. The fourth-order valence-electron chi connectivity index (χ4n) is 2.84. The minimum Gasteiger partial charge on any atom is -0.493 e. The predicted molar refractivity (Wildman–Crippen MR) is 101 cm³/mol. The number of aryl methyl sites for hydroxylation is 2. The molecule has 0 bridgehead atoms. The van der Waals surface area contributed by atoms with Crippen molar-refractivity contribution < 1.29 is 9.47 Å². The Morgan fingerprint density at radius 1 is 1.08 bits per heavy atom. The number of para-hydroxylation sites is 1. The molecule has 3 aromatic rings. The second-order valence-electron chi connectivity index (χ2n) is 5.65. The average molecular weight is 358 g/mol. The van der Waals surface area contributed by atoms with Crippen LogP contribution in [0.5, 0.6) is 11.5 Å². The summed E-state index contributed by atoms with van der Waals surface area (Å²) >= 11 is 6.14. The van der Waals surface area contributed by atoms with Crippen molar-refractivity contribution in [1.29, 1.82) is 0 Å². The largest absolute Gasteiger partial charge is 0.493 e. The van der Waals surface area contributed by atoms with Gasteiger partial charge in [0.25, 0.3) is 0 Å². The molecule has 1 aromatic heterocycles. The third-order valence-electron chi connectivity index (χ3n) is 4.16. The topological polar surface area (TPSA) is 56.3 Å². The molecule has 0 spiro atoms. The smallest absolute Gasteiger partial charge is 0.224 e. The first-order valence-electron chi connectivity index (χ1n) is 8.02. The molecule has 1 N–H and O–H groups in total. The van der Waals surface area contributed by atoms with E-state index in [4.69, 9.17) is 21.1 Å². The number of halogens is 1. The molecule has 25 heavy (non-hydrogen) atoms. The second-order valence-corrected chi connectivity index (χ2v) is 5.99. The van der Waals surface area contributed by atoms with Gasteiger partial charge in [0, 0.05) is 17.1 Å². The lowest BCUT2D eigenvalue weighted by molar-refractivity contribution is 0.356. The average Bonchev–Trinajstić information content (AvgIpc) is 2.62. The first-order chi connectivity index (χ1) is 12.1. The van der Waals surface area contributed by atoms with Crippen LogP contribution < -0.4 is 14.8 Å². The van der Waals surface area contributed by atoms with Gasteiger partial charge in [-0.15, -0.1) is 0 Å². The fourth-order valence-corrected chi connectivity index (χ4v) is 3.02. The van der Waals surface area contributed by atoms with Crippen LogP contribution in [0.2, 0.25) is 5.28 Å². The van der Waals surface area contributed by atoms with Crippen molar-refractivity contribution in [3.63, 3.8) is 0 Å². The van der Waals surface area contributed by atoms with Crippen LogP contribution in [0, 0.1) is 6.92 Å². The number of methoxy groups -OCH3 is 2. The zero-order valence-electron chi connectivity index (χ0n) is 14.7. The van der Waals surface area contributed by atoms with Crippen LogP contribution in [-0.4, -0.2) is 24.2 Å². The number of hydrogen-bond donors (Lipinski definition) is 1. The molecular weight excluding hydrogens is 338 g/mol. The Labute approximate surface area is 152 Å². The standard InChI is InChI=1S/C19H20ClN3O2/c1-5-12-8-6-7-11(2)17(12)22-18-13-9-15(24-3)16(25-4)10-14(13)21-19(20)23-18/h6-10H,5H2,1-4H3,(H,21,22,23). The van der Waals surface area contributed by atoms with Gasteiger partial charge in [-0.1, -0.05) is 25.1 Å². The molecule has 0 aliphatic heterocycles. The Morgan fingerprint density at radius 2 is 1.80 bits per heavy atom. The maximum atomic E-state index is 6.14. The van der Waals surface area contributed by atoms with Crippen LogP contribution in [0.4, 0.5) is 11.5 Å². The van der Waals surface area contributed by atoms with Gasteiger partial charge in [-0.05, 0) is 42.1 Å². The lowest BCUT2D eigenvalue weighted by atomic mass is 10.1. The summed E-state index contributed by atoms with van der Waals surface area (Å²) in [5.41, 5.74) is 4.08. The number of anilines is 2. The Balaban J connectivity index is 2.19. The van der Waals surface area contributed by atoms with Crippen LogP contribution in [0.25, 0.3) is 10.9 Å². The van der Waals surface area contributed by atoms with E-state index in [0.717, 1.165) is 23.1 Å². The molecule has 0 saturated heterocycles. The molecule has 3 rings (SSSR count). The molecule has 0 saturated carbocycles. The Hall–Kier alpha value is -2.53. The van der Waals surface area contributed by atoms with Crippen LogP contribution in [-0.2, 0) is 6.42 Å². The number of hydrogen-bond acceptors (Lipinski definition) is 5. The van der Waals surface area contributed by atoms with Crippen molar-refractivity contribution in [3.05, 3.63) is 46.7 Å². The number of benzene rings is 2. The van der Waals surface area contributed by atoms with Gasteiger partial charge in [-0.25, -0.2) is 4.98 Å². The monoisotopic (exact) mass is 357 g/mol. The molecule has 0 unspecified atom stereocenters. The van der Waals surface area contributed by atoms with Crippen LogP contribution in [0.1, 0.15) is 18.1 Å². The third-order valence-corrected chi connectivity index (χ3v) is 4.33. The van der Waals surface area contributed by atoms with Crippen molar-refractivity contribution in [2.45, 2.75) is 20.3 Å². The summed E-state index contributed by atoms with van der Waals surface area (Å²) in [6, 6.07) is 9.88. The molecule has 0 aliphatic carbocycles. The summed E-state index contributed by atoms with van der Waals surface area (Å²) in [7, 11) is 3.19. The molecule has 0 atom stereocenters. The van der Waals surface area contributed by atoms with E-state index in [2.05, 4.69) is 47.3 Å². The molecule has 0 radical (unpaired) electrons. The Kier molecular flexibility index (Phi) is 4.95. The lowest BCUT2D eigenvalue weighted by Crippen LogP contribution is -2.02. The van der Waals surface area contributed by atoms with Crippen molar-refractivity contribution in [1.82, 2.24) is 9.97 Å². The predicted octanol–water partition coefficient (Wildman–Crippen LogP) is 4.91. The van der Waals surface area contributed by atoms with E-state index >= 15 is 0 Å². The van der Waals surface area contributed by atoms with E-state index in [9.17, 15) is 0 Å². The minimum absolute atomic E-state index is 0.175. The van der Waals surface area contributed by atoms with Gasteiger partial charge in [0.2, 0.25) is 5.28 Å². The second kappa shape index (κ2) is 7.15. The molecule has 5 nitrogen and oxygen atoms in total. The number of aromatic nitrogens is 2. The number of fused-ring (bicyclic) bond motifs is 1. The molecule has 0 amide bonds. The normalized spacial score (nSPS) is 10.8. The van der Waals surface area contributed by atoms with E-state index in [1.54, 1.807) is 20.3 Å². The van der Waals surface area contributed by atoms with Crippen molar-refractivity contribution in [3.8, 4) is 11.5 Å². The molecule has 1 heterocycles. The van der Waals surface area contributed by atoms with E-state index < -0.39 is 0 Å². The zero-order chi connectivity index (χ0) is 18.0. The minimum atomic E-state index is 0.175. The highest BCUT2D eigenvalue weighted by molar-refractivity contribution is 6.28. The Bertz CT molecular complexity index is 928. The number of rotatable bonds is 5. The van der Waals surface area contributed by atoms with Crippen molar-refractivity contribution in [2.24, 2.45) is 0 Å². The van der Waals surface area contributed by atoms with Gasteiger partial charge in [0.15, 0.2) is 11.5 Å². The van der Waals surface area contributed by atoms with E-state index in [0.29, 0.717) is 22.8 Å². The summed E-state index contributed by atoms with van der Waals surface area (Å²) in [5.74, 6) is 1.85. The SMILES string of the molecule is CCc1cccc(C)c1Nc1nc(Cl)nc2cc(OC)c(OC)cc12. The van der Waals surface area contributed by atoms with E-state index in [1.165, 1.54) is 5.56 Å². The third kappa shape index (κ3) is 3.33. The first-order valence-corrected chi connectivity index (χ1v) is 8.40. The van der Waals surface area contributed by atoms with Gasteiger partial charge in [0.05, 0.1) is 19.7 Å². The van der Waals surface area contributed by atoms with Crippen LogP contribution in [0.3, 0.4) is 0 Å². The van der Waals surface area contributed by atoms with E-state index in [-0.39, 0.29) is 5.28 Å². The summed E-state index contributed by atoms with van der Waals surface area (Å²) in [6.45, 7) is 4.19. The quantitative estimate of drug-likeness (QED) is 0.657. The number of nitrogens with zero attached hydrogens (tertiary/aromatic N) is 2. The molecule has 0 aliphatic rings. The van der Waals surface area contributed by atoms with Gasteiger partial charge < -0.3 is 14.8 Å². The highest BCUT2D eigenvalue weighted by atomic mass is 35.5. The molecule has 6 heteroatoms. The summed E-state index contributed by atoms with van der Waals surface area (Å²) in [6.07, 6.45) is 0.915. The first kappa shape index (κ1) is 17.3. The van der Waals surface area contributed by atoms with Crippen molar-refractivity contribution >= 4 is 34.0 Å². The maximum absolute atomic E-state index is 6.14. The van der Waals surface area contributed by atoms with Gasteiger partial charge >= 0.3 is 0 Å². The summed E-state index contributed by atoms with van der Waals surface area (Å²) in [5, 5.41) is 4.42. The van der Waals surface area contributed by atoms with Gasteiger partial charge in [-0.2, -0.15) is 4.98 Å². The highest BCUT2D eigenvalue weighted by Crippen LogP contribution is 2.36. The molecule has 2 aromatic carbocycles. The molecule has 130 valence electrons. The maximum Gasteiger partial charge on any atom is 0.224 e. The van der Waals surface area contributed by atoms with Gasteiger partial charge in [0.1, 0.15) is 5.82 Å². The fraction of sp³-hybridized carbons (Fsp3) is 0.263. The number of nitrogens with one attached hydrogen (secondary N) is 1. The Morgan fingerprint density at radius 3 is 2.48 bits per heavy atom. The summed E-state index contributed by atoms with van der Waals surface area (Å²) < 4.78 is 10.8. The van der Waals surface area contributed by atoms with Crippen LogP contribution >= 0.6 is 11.6 Å². The van der Waals surface area contributed by atoms with E-state index in [1.807, 2.05) is 6.07 Å². The zero-order valence-corrected chi connectivity index (χ0v) is 15.4. The highest BCUT2D eigenvalue weighted by Gasteiger charge is 2.14. The number of ether oxygens (including phenoxy) is 2. The van der Waals surface area contributed by atoms with Crippen LogP contribution in [0.15, 0.2) is 30.3 Å². The van der Waals surface area contributed by atoms with Crippen molar-refractivity contribution in [2.75, 3.05) is 19.5 Å². The summed E-state index contributed by atoms with van der Waals surface area (Å²) in [4.78, 5) is 8.70. The van der Waals surface area contributed by atoms with Gasteiger partial charge in [-0.3, -0.25) is 0 Å². The molecular formula is C19H20ClN3O2.